The summed E-state index contributed by atoms with van der Waals surface area (Å²) < 4.78 is 38.3. The summed E-state index contributed by atoms with van der Waals surface area (Å²) in [5, 5.41) is 2.40. The second-order valence-electron chi connectivity index (χ2n) is 8.00. The first kappa shape index (κ1) is 23.0. The number of halogens is 2. The number of carbonyl (C=O) groups excluding carboxylic acids is 1. The van der Waals surface area contributed by atoms with Gasteiger partial charge in [-0.2, -0.15) is 0 Å². The summed E-state index contributed by atoms with van der Waals surface area (Å²) in [4.78, 5) is 14.6. The highest BCUT2D eigenvalue weighted by atomic mass is 19.1. The molecule has 1 aliphatic heterocycles. The maximum atomic E-state index is 13.8. The molecule has 0 aliphatic carbocycles. The number of para-hydroxylation sites is 1. The van der Waals surface area contributed by atoms with Gasteiger partial charge in [0.15, 0.2) is 0 Å². The van der Waals surface area contributed by atoms with Crippen LogP contribution in [0.15, 0.2) is 36.4 Å². The van der Waals surface area contributed by atoms with Gasteiger partial charge in [-0.25, -0.2) is 8.78 Å². The zero-order valence-corrected chi connectivity index (χ0v) is 18.3. The van der Waals surface area contributed by atoms with Crippen LogP contribution in [0.5, 0.6) is 11.5 Å². The third-order valence-electron chi connectivity index (χ3n) is 6.04. The highest BCUT2D eigenvalue weighted by molar-refractivity contribution is 5.94. The summed E-state index contributed by atoms with van der Waals surface area (Å²) in [6.45, 7) is 3.33. The second kappa shape index (κ2) is 10.6. The van der Waals surface area contributed by atoms with Crippen LogP contribution in [0, 0.1) is 17.6 Å². The largest absolute Gasteiger partial charge is 0.497 e. The van der Waals surface area contributed by atoms with Crippen molar-refractivity contribution in [3.63, 3.8) is 0 Å². The highest BCUT2D eigenvalue weighted by Crippen LogP contribution is 2.28. The molecule has 0 radical (unpaired) electrons. The van der Waals surface area contributed by atoms with Gasteiger partial charge in [0.2, 0.25) is 5.91 Å². The predicted octanol–water partition coefficient (Wildman–Crippen LogP) is 4.65. The van der Waals surface area contributed by atoms with Crippen LogP contribution in [-0.4, -0.2) is 44.2 Å². The minimum absolute atomic E-state index is 0.386. The van der Waals surface area contributed by atoms with E-state index in [4.69, 9.17) is 9.47 Å². The summed E-state index contributed by atoms with van der Waals surface area (Å²) in [5.74, 6) is 0.200. The third-order valence-corrected chi connectivity index (χ3v) is 6.04. The maximum absolute atomic E-state index is 13.8. The van der Waals surface area contributed by atoms with Gasteiger partial charge in [-0.05, 0) is 81.4 Å². The molecule has 1 saturated heterocycles. The molecule has 7 heteroatoms. The number of hydrogen-bond acceptors (Lipinski definition) is 4. The number of benzene rings is 2. The van der Waals surface area contributed by atoms with Gasteiger partial charge in [-0.1, -0.05) is 6.07 Å². The van der Waals surface area contributed by atoms with Crippen LogP contribution in [-0.2, 0) is 11.2 Å². The highest BCUT2D eigenvalue weighted by Gasteiger charge is 2.27. The number of nitrogens with one attached hydrogen (secondary N) is 1. The molecule has 0 bridgehead atoms. The summed E-state index contributed by atoms with van der Waals surface area (Å²) in [6, 6.07) is 9.01. The maximum Gasteiger partial charge on any atom is 0.241 e. The Kier molecular flexibility index (Phi) is 7.85. The van der Waals surface area contributed by atoms with Gasteiger partial charge in [0.05, 0.1) is 20.3 Å². The predicted molar refractivity (Wildman–Crippen MR) is 117 cm³/mol. The van der Waals surface area contributed by atoms with E-state index in [9.17, 15) is 13.6 Å². The lowest BCUT2D eigenvalue weighted by molar-refractivity contribution is -0.121. The Bertz CT molecular complexity index is 856. The van der Waals surface area contributed by atoms with Crippen molar-refractivity contribution in [1.29, 1.82) is 0 Å². The van der Waals surface area contributed by atoms with Gasteiger partial charge in [0, 0.05) is 6.07 Å². The number of piperidine rings is 1. The number of aryl methyl sites for hydroxylation is 1. The minimum atomic E-state index is -0.770. The van der Waals surface area contributed by atoms with Crippen LogP contribution in [0.2, 0.25) is 0 Å². The number of hydrogen-bond donors (Lipinski definition) is 1. The molecule has 1 amide bonds. The second-order valence-corrected chi connectivity index (χ2v) is 8.00. The van der Waals surface area contributed by atoms with Gasteiger partial charge < -0.3 is 14.8 Å². The Morgan fingerprint density at radius 2 is 1.68 bits per heavy atom. The average molecular weight is 433 g/mol. The molecule has 1 fully saturated rings. The lowest BCUT2D eigenvalue weighted by Crippen LogP contribution is -2.46. The zero-order valence-electron chi connectivity index (χ0n) is 18.3. The molecular weight excluding hydrogens is 402 g/mol. The molecule has 5 nitrogen and oxygen atoms in total. The van der Waals surface area contributed by atoms with E-state index in [1.807, 2.05) is 18.2 Å². The fraction of sp³-hybridized carbons (Fsp3) is 0.458. The lowest BCUT2D eigenvalue weighted by Gasteiger charge is -2.35. The summed E-state index contributed by atoms with van der Waals surface area (Å²) in [6.07, 6.45) is 3.94. The average Bonchev–Trinajstić information content (AvgIpc) is 2.79. The lowest BCUT2D eigenvalue weighted by atomic mass is 9.90. The van der Waals surface area contributed by atoms with E-state index in [0.29, 0.717) is 5.92 Å². The number of ether oxygens (including phenoxy) is 2. The number of methoxy groups -OCH3 is 2. The van der Waals surface area contributed by atoms with Crippen LogP contribution in [0.3, 0.4) is 0 Å². The van der Waals surface area contributed by atoms with Crippen LogP contribution in [0.25, 0.3) is 0 Å². The quantitative estimate of drug-likeness (QED) is 0.660. The summed E-state index contributed by atoms with van der Waals surface area (Å²) in [7, 11) is 3.29. The molecule has 168 valence electrons. The topological polar surface area (TPSA) is 50.8 Å². The van der Waals surface area contributed by atoms with Crippen LogP contribution in [0.4, 0.5) is 14.5 Å². The molecule has 0 saturated carbocycles. The Balaban J connectivity index is 1.49. The van der Waals surface area contributed by atoms with E-state index >= 15 is 0 Å². The molecule has 1 aliphatic rings. The van der Waals surface area contributed by atoms with Crippen molar-refractivity contribution >= 4 is 11.6 Å². The van der Waals surface area contributed by atoms with E-state index in [-0.39, 0.29) is 5.69 Å². The first-order valence-electron chi connectivity index (χ1n) is 10.6. The fourth-order valence-electron chi connectivity index (χ4n) is 4.02. The Labute approximate surface area is 182 Å². The van der Waals surface area contributed by atoms with Crippen molar-refractivity contribution in [2.45, 2.75) is 38.6 Å². The van der Waals surface area contributed by atoms with Gasteiger partial charge in [0.25, 0.3) is 0 Å². The Hall–Kier alpha value is -2.67. The summed E-state index contributed by atoms with van der Waals surface area (Å²) in [5.41, 5.74) is 0.793. The Morgan fingerprint density at radius 3 is 2.23 bits per heavy atom. The van der Waals surface area contributed by atoms with E-state index in [2.05, 4.69) is 10.2 Å². The van der Waals surface area contributed by atoms with Crippen molar-refractivity contribution in [1.82, 2.24) is 4.90 Å². The number of likely N-dealkylation sites (tertiary alicyclic amines) is 1. The van der Waals surface area contributed by atoms with Crippen molar-refractivity contribution in [3.05, 3.63) is 53.6 Å². The van der Waals surface area contributed by atoms with Crippen molar-refractivity contribution in [3.8, 4) is 11.5 Å². The van der Waals surface area contributed by atoms with Crippen LogP contribution >= 0.6 is 0 Å². The molecule has 3 rings (SSSR count). The third kappa shape index (κ3) is 5.94. The summed E-state index contributed by atoms with van der Waals surface area (Å²) >= 11 is 0. The molecule has 0 aromatic heterocycles. The molecule has 2 aromatic rings. The van der Waals surface area contributed by atoms with Gasteiger partial charge in [0.1, 0.15) is 28.8 Å². The van der Waals surface area contributed by atoms with Crippen molar-refractivity contribution in [2.75, 3.05) is 32.6 Å². The van der Waals surface area contributed by atoms with Gasteiger partial charge >= 0.3 is 0 Å². The van der Waals surface area contributed by atoms with E-state index in [0.717, 1.165) is 62.4 Å². The SMILES string of the molecule is COc1cc(CCC2CCN(C(C)C(=O)Nc3c(F)cccc3F)CC2)cc(OC)c1. The van der Waals surface area contributed by atoms with Crippen LogP contribution < -0.4 is 14.8 Å². The van der Waals surface area contributed by atoms with E-state index < -0.39 is 23.6 Å². The zero-order chi connectivity index (χ0) is 22.4. The van der Waals surface area contributed by atoms with Gasteiger partial charge in [-0.15, -0.1) is 0 Å². The number of carbonyl (C=O) groups is 1. The molecular formula is C24H30F2N2O3. The number of nitrogens with zero attached hydrogens (tertiary/aromatic N) is 1. The van der Waals surface area contributed by atoms with Gasteiger partial charge in [-0.3, -0.25) is 9.69 Å². The first-order chi connectivity index (χ1) is 14.9. The minimum Gasteiger partial charge on any atom is -0.497 e. The van der Waals surface area contributed by atoms with Crippen LogP contribution in [0.1, 0.15) is 31.7 Å². The molecule has 2 aromatic carbocycles. The number of rotatable bonds is 8. The smallest absolute Gasteiger partial charge is 0.241 e. The van der Waals surface area contributed by atoms with E-state index in [1.165, 1.54) is 11.6 Å². The standard InChI is InChI=1S/C24H30F2N2O3/c1-16(24(29)27-23-21(25)5-4-6-22(23)26)28-11-9-17(10-12-28)7-8-18-13-19(30-2)15-20(14-18)31-3/h4-6,13-17H,7-12H2,1-3H3,(H,27,29). The first-order valence-corrected chi connectivity index (χ1v) is 10.6. The normalized spacial score (nSPS) is 16.0. The molecule has 31 heavy (non-hydrogen) atoms. The Morgan fingerprint density at radius 1 is 1.10 bits per heavy atom. The fourth-order valence-corrected chi connectivity index (χ4v) is 4.02. The number of anilines is 1. The van der Waals surface area contributed by atoms with E-state index in [1.54, 1.807) is 21.1 Å². The molecule has 0 spiro atoms. The monoisotopic (exact) mass is 432 g/mol. The molecule has 1 unspecified atom stereocenters. The number of amides is 1. The molecule has 1 N–H and O–H groups in total. The molecule has 1 atom stereocenters. The molecule has 1 heterocycles. The van der Waals surface area contributed by atoms with Crippen molar-refractivity contribution in [2.24, 2.45) is 5.92 Å². The van der Waals surface area contributed by atoms with Crippen molar-refractivity contribution < 1.29 is 23.0 Å².